The summed E-state index contributed by atoms with van der Waals surface area (Å²) in [5.74, 6) is -0.711. The predicted molar refractivity (Wildman–Crippen MR) is 28.5 cm³/mol. The van der Waals surface area contributed by atoms with Gasteiger partial charge in [-0.2, -0.15) is 0 Å². The Hall–Kier alpha value is -0.570. The van der Waals surface area contributed by atoms with Gasteiger partial charge in [0.25, 0.3) is 0 Å². The van der Waals surface area contributed by atoms with E-state index in [2.05, 4.69) is 0 Å². The van der Waals surface area contributed by atoms with E-state index in [1.54, 1.807) is 0 Å². The van der Waals surface area contributed by atoms with Gasteiger partial charge in [0, 0.05) is 6.42 Å². The van der Waals surface area contributed by atoms with E-state index in [4.69, 9.17) is 5.11 Å². The first kappa shape index (κ1) is 9.66. The Labute approximate surface area is 42.9 Å². The molecule has 3 nitrogen and oxygen atoms in total. The van der Waals surface area contributed by atoms with Crippen LogP contribution in [0, 0.1) is 0 Å². The molecule has 0 bridgehead atoms. The van der Waals surface area contributed by atoms with Gasteiger partial charge in [-0.05, 0) is 6.42 Å². The molecule has 0 aliphatic carbocycles. The number of hydrogen-bond donors (Lipinski definition) is 2. The second-order valence-corrected chi connectivity index (χ2v) is 1.14. The SMILES string of the molecule is CCCC(=O)O.[NH4+]. The van der Waals surface area contributed by atoms with Gasteiger partial charge < -0.3 is 11.3 Å². The largest absolute Gasteiger partial charge is 0.481 e. The zero-order valence-electron chi connectivity index (χ0n) is 4.77. The van der Waals surface area contributed by atoms with E-state index in [0.29, 0.717) is 6.42 Å². The van der Waals surface area contributed by atoms with E-state index in [9.17, 15) is 4.79 Å². The summed E-state index contributed by atoms with van der Waals surface area (Å²) in [7, 11) is 0. The Balaban J connectivity index is 0. The molecule has 0 radical (unpaired) electrons. The van der Waals surface area contributed by atoms with Crippen LogP contribution in [-0.4, -0.2) is 11.1 Å². The van der Waals surface area contributed by atoms with Crippen LogP contribution in [0.25, 0.3) is 0 Å². The number of quaternary nitrogens is 1. The molecule has 44 valence electrons. The first-order valence-electron chi connectivity index (χ1n) is 1.99. The summed E-state index contributed by atoms with van der Waals surface area (Å²) in [6, 6.07) is 0. The van der Waals surface area contributed by atoms with Crippen LogP contribution in [0.1, 0.15) is 19.8 Å². The van der Waals surface area contributed by atoms with Crippen LogP contribution >= 0.6 is 0 Å². The summed E-state index contributed by atoms with van der Waals surface area (Å²) in [6.07, 6.45) is 1.02. The molecular formula is C4H12NO2+. The molecule has 0 aromatic rings. The van der Waals surface area contributed by atoms with E-state index in [1.165, 1.54) is 0 Å². The predicted octanol–water partition coefficient (Wildman–Crippen LogP) is 1.25. The molecule has 0 aromatic heterocycles. The lowest BCUT2D eigenvalue weighted by Gasteiger charge is -1.79. The van der Waals surface area contributed by atoms with Crippen LogP contribution in [0.15, 0.2) is 0 Å². The number of carbonyl (C=O) groups is 1. The van der Waals surface area contributed by atoms with Gasteiger partial charge in [0.2, 0.25) is 0 Å². The highest BCUT2D eigenvalue weighted by atomic mass is 16.4. The van der Waals surface area contributed by atoms with Crippen molar-refractivity contribution in [1.29, 1.82) is 0 Å². The third kappa shape index (κ3) is 10.8. The monoisotopic (exact) mass is 106 g/mol. The molecule has 0 fully saturated rings. The van der Waals surface area contributed by atoms with Gasteiger partial charge in [0.1, 0.15) is 0 Å². The quantitative estimate of drug-likeness (QED) is 0.555. The first-order chi connectivity index (χ1) is 2.77. The van der Waals surface area contributed by atoms with Crippen molar-refractivity contribution in [2.45, 2.75) is 19.8 Å². The number of aliphatic carboxylic acids is 1. The summed E-state index contributed by atoms with van der Waals surface area (Å²) < 4.78 is 0. The Kier molecular flexibility index (Phi) is 7.49. The summed E-state index contributed by atoms with van der Waals surface area (Å²) in [4.78, 5) is 9.60. The zero-order valence-corrected chi connectivity index (χ0v) is 4.77. The standard InChI is InChI=1S/C4H8O2.H3N/c1-2-3-4(5)6;/h2-3H2,1H3,(H,5,6);1H3/p+1. The van der Waals surface area contributed by atoms with Crippen LogP contribution in [0.2, 0.25) is 0 Å². The van der Waals surface area contributed by atoms with E-state index in [0.717, 1.165) is 6.42 Å². The van der Waals surface area contributed by atoms with Gasteiger partial charge in [-0.25, -0.2) is 0 Å². The average molecular weight is 106 g/mol. The minimum absolute atomic E-state index is 0. The molecule has 0 saturated heterocycles. The van der Waals surface area contributed by atoms with Crippen molar-refractivity contribution in [1.82, 2.24) is 6.15 Å². The molecule has 0 aliphatic rings. The highest BCUT2D eigenvalue weighted by molar-refractivity contribution is 5.66. The number of hydrogen-bond acceptors (Lipinski definition) is 1. The summed E-state index contributed by atoms with van der Waals surface area (Å²) >= 11 is 0. The normalized spacial score (nSPS) is 7.00. The highest BCUT2D eigenvalue weighted by Gasteiger charge is 1.87. The van der Waals surface area contributed by atoms with Crippen LogP contribution in [0.3, 0.4) is 0 Å². The molecule has 0 rings (SSSR count). The minimum atomic E-state index is -0.711. The van der Waals surface area contributed by atoms with Crippen molar-refractivity contribution >= 4 is 5.97 Å². The number of carboxylic acid groups (broad SMARTS) is 1. The Morgan fingerprint density at radius 2 is 2.14 bits per heavy atom. The van der Waals surface area contributed by atoms with Gasteiger partial charge in [0.05, 0.1) is 0 Å². The van der Waals surface area contributed by atoms with Gasteiger partial charge in [-0.15, -0.1) is 0 Å². The lowest BCUT2D eigenvalue weighted by molar-refractivity contribution is -0.137. The lowest BCUT2D eigenvalue weighted by Crippen LogP contribution is -1.90. The molecule has 7 heavy (non-hydrogen) atoms. The van der Waals surface area contributed by atoms with E-state index in [1.807, 2.05) is 6.92 Å². The van der Waals surface area contributed by atoms with Gasteiger partial charge in [0.15, 0.2) is 0 Å². The lowest BCUT2D eigenvalue weighted by atomic mass is 10.4. The molecule has 0 aromatic carbocycles. The maximum atomic E-state index is 9.60. The second kappa shape index (κ2) is 5.43. The van der Waals surface area contributed by atoms with E-state index in [-0.39, 0.29) is 6.15 Å². The third-order valence-corrected chi connectivity index (χ3v) is 0.464. The first-order valence-corrected chi connectivity index (χ1v) is 1.99. The summed E-state index contributed by atoms with van der Waals surface area (Å²) in [5, 5.41) is 7.91. The maximum Gasteiger partial charge on any atom is 0.303 e. The maximum absolute atomic E-state index is 9.60. The van der Waals surface area contributed by atoms with Gasteiger partial charge in [-0.3, -0.25) is 4.79 Å². The van der Waals surface area contributed by atoms with E-state index < -0.39 is 5.97 Å². The molecule has 0 amide bonds. The molecule has 0 unspecified atom stereocenters. The second-order valence-electron chi connectivity index (χ2n) is 1.14. The van der Waals surface area contributed by atoms with Gasteiger partial charge in [-0.1, -0.05) is 6.92 Å². The molecule has 0 heterocycles. The Morgan fingerprint density at radius 1 is 1.71 bits per heavy atom. The van der Waals surface area contributed by atoms with Crippen molar-refractivity contribution < 1.29 is 9.90 Å². The van der Waals surface area contributed by atoms with Crippen LogP contribution in [0.5, 0.6) is 0 Å². The van der Waals surface area contributed by atoms with Crippen molar-refractivity contribution in [3.8, 4) is 0 Å². The van der Waals surface area contributed by atoms with E-state index >= 15 is 0 Å². The number of carboxylic acids is 1. The fourth-order valence-corrected chi connectivity index (χ4v) is 0.214. The van der Waals surface area contributed by atoms with Crippen LogP contribution < -0.4 is 6.15 Å². The minimum Gasteiger partial charge on any atom is -0.481 e. The molecular weight excluding hydrogens is 94.0 g/mol. The molecule has 5 N–H and O–H groups in total. The van der Waals surface area contributed by atoms with Crippen molar-refractivity contribution in [2.24, 2.45) is 0 Å². The molecule has 0 aliphatic heterocycles. The topological polar surface area (TPSA) is 73.8 Å². The fraction of sp³-hybridized carbons (Fsp3) is 0.750. The summed E-state index contributed by atoms with van der Waals surface area (Å²) in [5.41, 5.74) is 0. The van der Waals surface area contributed by atoms with Crippen LogP contribution in [0.4, 0.5) is 0 Å². The van der Waals surface area contributed by atoms with Crippen molar-refractivity contribution in [3.63, 3.8) is 0 Å². The smallest absolute Gasteiger partial charge is 0.303 e. The molecule has 0 atom stereocenters. The number of rotatable bonds is 2. The van der Waals surface area contributed by atoms with Crippen molar-refractivity contribution in [3.05, 3.63) is 0 Å². The van der Waals surface area contributed by atoms with Crippen molar-refractivity contribution in [2.75, 3.05) is 0 Å². The average Bonchev–Trinajstić information content (AvgIpc) is 1.35. The van der Waals surface area contributed by atoms with Crippen LogP contribution in [-0.2, 0) is 4.79 Å². The third-order valence-electron chi connectivity index (χ3n) is 0.464. The Morgan fingerprint density at radius 3 is 2.14 bits per heavy atom. The molecule has 0 spiro atoms. The Bertz CT molecular complexity index is 53.7. The highest BCUT2D eigenvalue weighted by Crippen LogP contribution is 1.82. The fourth-order valence-electron chi connectivity index (χ4n) is 0.214. The molecule has 0 saturated carbocycles. The zero-order chi connectivity index (χ0) is 4.99. The summed E-state index contributed by atoms with van der Waals surface area (Å²) in [6.45, 7) is 1.84. The van der Waals surface area contributed by atoms with Gasteiger partial charge >= 0.3 is 5.97 Å². The molecule has 3 heteroatoms.